The van der Waals surface area contributed by atoms with Crippen LogP contribution in [0.15, 0.2) is 58.4 Å². The van der Waals surface area contributed by atoms with E-state index in [9.17, 15) is 8.42 Å². The molecule has 0 saturated carbocycles. The van der Waals surface area contributed by atoms with Crippen LogP contribution in [0.3, 0.4) is 0 Å². The highest BCUT2D eigenvalue weighted by atomic mass is 35.5. The van der Waals surface area contributed by atoms with Crippen LogP contribution >= 0.6 is 11.6 Å². The fraction of sp³-hybridized carbons (Fsp3) is 0.235. The fourth-order valence-corrected chi connectivity index (χ4v) is 3.17. The summed E-state index contributed by atoms with van der Waals surface area (Å²) in [5, 5.41) is 7.02. The molecule has 0 aliphatic carbocycles. The van der Waals surface area contributed by atoms with Crippen molar-refractivity contribution in [2.45, 2.75) is 18.0 Å². The summed E-state index contributed by atoms with van der Waals surface area (Å²) in [7, 11) is -0.394. The summed E-state index contributed by atoms with van der Waals surface area (Å²) >= 11 is 6.13. The van der Waals surface area contributed by atoms with E-state index in [1.807, 2.05) is 30.3 Å². The summed E-state index contributed by atoms with van der Waals surface area (Å²) in [6.07, 6.45) is 0. The molecule has 0 bridgehead atoms. The number of aliphatic imine (C=N–C) groups is 1. The maximum absolute atomic E-state index is 11.9. The normalized spacial score (nSPS) is 12.0. The second-order valence-electron chi connectivity index (χ2n) is 5.23. The average molecular weight is 381 g/mol. The second kappa shape index (κ2) is 8.84. The van der Waals surface area contributed by atoms with Crippen molar-refractivity contribution in [1.29, 1.82) is 0 Å². The van der Waals surface area contributed by atoms with Crippen molar-refractivity contribution in [3.05, 3.63) is 64.7 Å². The second-order valence-corrected chi connectivity index (χ2v) is 7.52. The van der Waals surface area contributed by atoms with Gasteiger partial charge in [-0.15, -0.1) is 0 Å². The van der Waals surface area contributed by atoms with Gasteiger partial charge in [-0.3, -0.25) is 4.99 Å². The Morgan fingerprint density at radius 3 is 2.48 bits per heavy atom. The van der Waals surface area contributed by atoms with Gasteiger partial charge in [0.1, 0.15) is 0 Å². The largest absolute Gasteiger partial charge is 0.352 e. The zero-order chi connectivity index (χ0) is 18.3. The molecule has 3 N–H and O–H groups in total. The molecular formula is C17H21ClN4O2S. The standard InChI is InChI=1S/C17H21ClN4O2S/c1-19-17(22-12-14-7-3-4-9-16(14)18)21-11-13-6-5-8-15(10-13)25(23,24)20-2/h3-10,20H,11-12H2,1-2H3,(H2,19,21,22). The molecule has 0 aliphatic rings. The quantitative estimate of drug-likeness (QED) is 0.529. The Morgan fingerprint density at radius 1 is 1.08 bits per heavy atom. The summed E-state index contributed by atoms with van der Waals surface area (Å²) in [6.45, 7) is 0.975. The van der Waals surface area contributed by atoms with Crippen molar-refractivity contribution in [3.63, 3.8) is 0 Å². The minimum atomic E-state index is -3.45. The van der Waals surface area contributed by atoms with E-state index in [0.29, 0.717) is 24.1 Å². The molecule has 0 aliphatic heterocycles. The van der Waals surface area contributed by atoms with Crippen LogP contribution in [-0.2, 0) is 23.1 Å². The van der Waals surface area contributed by atoms with Crippen molar-refractivity contribution in [2.75, 3.05) is 14.1 Å². The zero-order valence-corrected chi connectivity index (χ0v) is 15.7. The van der Waals surface area contributed by atoms with Crippen LogP contribution in [0, 0.1) is 0 Å². The van der Waals surface area contributed by atoms with Crippen molar-refractivity contribution in [1.82, 2.24) is 15.4 Å². The Bertz CT molecular complexity index is 853. The van der Waals surface area contributed by atoms with Crippen molar-refractivity contribution < 1.29 is 8.42 Å². The van der Waals surface area contributed by atoms with Gasteiger partial charge in [-0.1, -0.05) is 41.9 Å². The van der Waals surface area contributed by atoms with E-state index in [-0.39, 0.29) is 4.90 Å². The first-order chi connectivity index (χ1) is 12.0. The third kappa shape index (κ3) is 5.45. The first-order valence-corrected chi connectivity index (χ1v) is 9.53. The number of hydrogen-bond acceptors (Lipinski definition) is 3. The molecule has 0 radical (unpaired) electrons. The van der Waals surface area contributed by atoms with E-state index in [1.165, 1.54) is 7.05 Å². The molecular weight excluding hydrogens is 360 g/mol. The van der Waals surface area contributed by atoms with Gasteiger partial charge in [-0.2, -0.15) is 0 Å². The minimum absolute atomic E-state index is 0.230. The van der Waals surface area contributed by atoms with E-state index in [0.717, 1.165) is 11.1 Å². The molecule has 25 heavy (non-hydrogen) atoms. The van der Waals surface area contributed by atoms with Gasteiger partial charge in [0.15, 0.2) is 5.96 Å². The van der Waals surface area contributed by atoms with Crippen molar-refractivity contribution in [3.8, 4) is 0 Å². The summed E-state index contributed by atoms with van der Waals surface area (Å²) < 4.78 is 26.0. The highest BCUT2D eigenvalue weighted by Gasteiger charge is 2.11. The maximum atomic E-state index is 11.9. The molecule has 0 aromatic heterocycles. The fourth-order valence-electron chi connectivity index (χ4n) is 2.17. The Kier molecular flexibility index (Phi) is 6.81. The summed E-state index contributed by atoms with van der Waals surface area (Å²) in [5.74, 6) is 0.599. The van der Waals surface area contributed by atoms with Gasteiger partial charge >= 0.3 is 0 Å². The first kappa shape index (κ1) is 19.2. The zero-order valence-electron chi connectivity index (χ0n) is 14.1. The summed E-state index contributed by atoms with van der Waals surface area (Å²) in [5.41, 5.74) is 1.80. The molecule has 0 spiro atoms. The molecule has 2 rings (SSSR count). The Labute approximate surface area is 153 Å². The number of nitrogens with one attached hydrogen (secondary N) is 3. The third-order valence-electron chi connectivity index (χ3n) is 3.57. The number of benzene rings is 2. The molecule has 2 aromatic carbocycles. The predicted molar refractivity (Wildman–Crippen MR) is 101 cm³/mol. The number of halogens is 1. The van der Waals surface area contributed by atoms with Crippen LogP contribution < -0.4 is 15.4 Å². The van der Waals surface area contributed by atoms with Crippen LogP contribution in [0.25, 0.3) is 0 Å². The summed E-state index contributed by atoms with van der Waals surface area (Å²) in [4.78, 5) is 4.39. The molecule has 0 fully saturated rings. The van der Waals surface area contributed by atoms with Gasteiger partial charge in [-0.25, -0.2) is 13.1 Å². The number of hydrogen-bond donors (Lipinski definition) is 3. The Balaban J connectivity index is 1.97. The smallest absolute Gasteiger partial charge is 0.240 e. The van der Waals surface area contributed by atoms with E-state index in [4.69, 9.17) is 11.6 Å². The first-order valence-electron chi connectivity index (χ1n) is 7.66. The monoisotopic (exact) mass is 380 g/mol. The number of nitrogens with zero attached hydrogens (tertiary/aromatic N) is 1. The van der Waals surface area contributed by atoms with Crippen LogP contribution in [0.5, 0.6) is 0 Å². The molecule has 0 unspecified atom stereocenters. The van der Waals surface area contributed by atoms with Gasteiger partial charge < -0.3 is 10.6 Å². The number of rotatable bonds is 6. The number of sulfonamides is 1. The molecule has 0 amide bonds. The lowest BCUT2D eigenvalue weighted by molar-refractivity contribution is 0.588. The molecule has 8 heteroatoms. The molecule has 6 nitrogen and oxygen atoms in total. The summed E-state index contributed by atoms with van der Waals surface area (Å²) in [6, 6.07) is 14.3. The lowest BCUT2D eigenvalue weighted by Crippen LogP contribution is -2.36. The molecule has 134 valence electrons. The van der Waals surface area contributed by atoms with Gasteiger partial charge in [0.25, 0.3) is 0 Å². The van der Waals surface area contributed by atoms with Crippen molar-refractivity contribution >= 4 is 27.6 Å². The Morgan fingerprint density at radius 2 is 1.80 bits per heavy atom. The van der Waals surface area contributed by atoms with Gasteiger partial charge in [0, 0.05) is 25.2 Å². The van der Waals surface area contributed by atoms with Crippen LogP contribution in [-0.4, -0.2) is 28.5 Å². The van der Waals surface area contributed by atoms with Crippen LogP contribution in [0.1, 0.15) is 11.1 Å². The van der Waals surface area contributed by atoms with Gasteiger partial charge in [0.05, 0.1) is 4.90 Å². The molecule has 2 aromatic rings. The lowest BCUT2D eigenvalue weighted by Gasteiger charge is -2.13. The molecule has 0 saturated heterocycles. The average Bonchev–Trinajstić information content (AvgIpc) is 2.63. The Hall–Kier alpha value is -2.09. The maximum Gasteiger partial charge on any atom is 0.240 e. The minimum Gasteiger partial charge on any atom is -0.352 e. The van der Waals surface area contributed by atoms with E-state index < -0.39 is 10.0 Å². The van der Waals surface area contributed by atoms with E-state index in [2.05, 4.69) is 20.3 Å². The van der Waals surface area contributed by atoms with Crippen molar-refractivity contribution in [2.24, 2.45) is 4.99 Å². The van der Waals surface area contributed by atoms with Gasteiger partial charge in [0.2, 0.25) is 10.0 Å². The van der Waals surface area contributed by atoms with E-state index in [1.54, 1.807) is 25.2 Å². The highest BCUT2D eigenvalue weighted by Crippen LogP contribution is 2.14. The third-order valence-corrected chi connectivity index (χ3v) is 5.35. The van der Waals surface area contributed by atoms with Crippen LogP contribution in [0.2, 0.25) is 5.02 Å². The number of guanidine groups is 1. The predicted octanol–water partition coefficient (Wildman–Crippen LogP) is 2.11. The SMILES string of the molecule is CN=C(NCc1cccc(S(=O)(=O)NC)c1)NCc1ccccc1Cl. The highest BCUT2D eigenvalue weighted by molar-refractivity contribution is 7.89. The topological polar surface area (TPSA) is 82.6 Å². The van der Waals surface area contributed by atoms with E-state index >= 15 is 0 Å². The molecule has 0 atom stereocenters. The molecule has 0 heterocycles. The van der Waals surface area contributed by atoms with Crippen LogP contribution in [0.4, 0.5) is 0 Å². The lowest BCUT2D eigenvalue weighted by atomic mass is 10.2. The van der Waals surface area contributed by atoms with Gasteiger partial charge in [-0.05, 0) is 36.4 Å².